The molecule has 0 spiro atoms. The molecule has 0 saturated carbocycles. The molecule has 1 N–H and O–H groups in total. The number of aromatic nitrogens is 1. The molecule has 1 amide bonds. The van der Waals surface area contributed by atoms with Crippen molar-refractivity contribution in [1.82, 2.24) is 9.88 Å². The van der Waals surface area contributed by atoms with Crippen molar-refractivity contribution in [3.05, 3.63) is 28.5 Å². The number of halogens is 1. The van der Waals surface area contributed by atoms with Crippen molar-refractivity contribution in [2.75, 3.05) is 13.1 Å². The Bertz CT molecular complexity index is 560. The van der Waals surface area contributed by atoms with Crippen LogP contribution in [-0.2, 0) is 4.79 Å². The van der Waals surface area contributed by atoms with E-state index in [0.717, 1.165) is 5.69 Å². The molecule has 0 radical (unpaired) electrons. The number of nitrogens with zero attached hydrogens (tertiary/aromatic N) is 2. The van der Waals surface area contributed by atoms with E-state index in [1.54, 1.807) is 17.0 Å². The topological polar surface area (TPSA) is 70.5 Å². The van der Waals surface area contributed by atoms with Crippen LogP contribution in [-0.4, -0.2) is 40.0 Å². The van der Waals surface area contributed by atoms with Crippen LogP contribution in [0.3, 0.4) is 0 Å². The zero-order valence-electron chi connectivity index (χ0n) is 12.2. The van der Waals surface area contributed by atoms with Gasteiger partial charge in [0.05, 0.1) is 5.92 Å². The molecular weight excluding hydrogens is 292 g/mol. The Balaban J connectivity index is 2.21. The molecule has 21 heavy (non-hydrogen) atoms. The first kappa shape index (κ1) is 15.8. The van der Waals surface area contributed by atoms with Crippen molar-refractivity contribution in [2.45, 2.75) is 32.6 Å². The van der Waals surface area contributed by atoms with Crippen molar-refractivity contribution in [1.29, 1.82) is 0 Å². The lowest BCUT2D eigenvalue weighted by Gasteiger charge is -2.30. The Labute approximate surface area is 128 Å². The summed E-state index contributed by atoms with van der Waals surface area (Å²) in [7, 11) is 0. The van der Waals surface area contributed by atoms with E-state index in [-0.39, 0.29) is 23.5 Å². The molecule has 1 atom stereocenters. The molecular formula is C15H19ClN2O3. The number of carboxylic acids is 1. The molecule has 0 aromatic carbocycles. The summed E-state index contributed by atoms with van der Waals surface area (Å²) >= 11 is 5.98. The molecule has 1 aliphatic rings. The molecule has 1 unspecified atom stereocenters. The number of piperidine rings is 1. The summed E-state index contributed by atoms with van der Waals surface area (Å²) in [5.74, 6) is -1.33. The Kier molecular flexibility index (Phi) is 4.83. The lowest BCUT2D eigenvalue weighted by atomic mass is 9.97. The number of rotatable bonds is 3. The molecule has 1 fully saturated rings. The standard InChI is InChI=1S/C15H19ClN2O3/c1-9(2)12-6-11(7-13(16)17-12)14(19)18-5-3-4-10(8-18)15(20)21/h6-7,9-10H,3-5,8H2,1-2H3,(H,20,21). The minimum Gasteiger partial charge on any atom is -0.481 e. The monoisotopic (exact) mass is 310 g/mol. The molecule has 5 nitrogen and oxygen atoms in total. The van der Waals surface area contributed by atoms with Crippen molar-refractivity contribution in [3.63, 3.8) is 0 Å². The van der Waals surface area contributed by atoms with Crippen LogP contribution in [0.4, 0.5) is 0 Å². The van der Waals surface area contributed by atoms with Gasteiger partial charge in [-0.2, -0.15) is 0 Å². The Hall–Kier alpha value is -1.62. The number of pyridine rings is 1. The van der Waals surface area contributed by atoms with Crippen LogP contribution in [0.15, 0.2) is 12.1 Å². The first-order valence-corrected chi connectivity index (χ1v) is 7.46. The molecule has 0 aliphatic carbocycles. The number of amides is 1. The summed E-state index contributed by atoms with van der Waals surface area (Å²) in [6.07, 6.45) is 1.33. The van der Waals surface area contributed by atoms with Gasteiger partial charge >= 0.3 is 5.97 Å². The van der Waals surface area contributed by atoms with Crippen molar-refractivity contribution < 1.29 is 14.7 Å². The van der Waals surface area contributed by atoms with E-state index in [9.17, 15) is 9.59 Å². The van der Waals surface area contributed by atoms with Gasteiger partial charge in [-0.05, 0) is 30.9 Å². The number of carbonyl (C=O) groups excluding carboxylic acids is 1. The Morgan fingerprint density at radius 3 is 2.76 bits per heavy atom. The van der Waals surface area contributed by atoms with E-state index in [2.05, 4.69) is 4.98 Å². The number of hydrogen-bond donors (Lipinski definition) is 1. The summed E-state index contributed by atoms with van der Waals surface area (Å²) < 4.78 is 0. The third kappa shape index (κ3) is 3.73. The van der Waals surface area contributed by atoms with Crippen LogP contribution >= 0.6 is 11.6 Å². The van der Waals surface area contributed by atoms with Gasteiger partial charge in [-0.3, -0.25) is 9.59 Å². The fraction of sp³-hybridized carbons (Fsp3) is 0.533. The van der Waals surface area contributed by atoms with Crippen LogP contribution in [0.1, 0.15) is 48.7 Å². The summed E-state index contributed by atoms with van der Waals surface area (Å²) in [4.78, 5) is 29.4. The SMILES string of the molecule is CC(C)c1cc(C(=O)N2CCCC(C(=O)O)C2)cc(Cl)n1. The molecule has 1 aliphatic heterocycles. The van der Waals surface area contributed by atoms with E-state index in [1.165, 1.54) is 0 Å². The van der Waals surface area contributed by atoms with Crippen molar-refractivity contribution in [2.24, 2.45) is 5.92 Å². The average Bonchev–Trinajstić information content (AvgIpc) is 2.45. The zero-order valence-corrected chi connectivity index (χ0v) is 12.9. The second-order valence-corrected chi connectivity index (χ2v) is 6.07. The van der Waals surface area contributed by atoms with E-state index in [4.69, 9.17) is 16.7 Å². The maximum Gasteiger partial charge on any atom is 0.308 e. The lowest BCUT2D eigenvalue weighted by Crippen LogP contribution is -2.42. The van der Waals surface area contributed by atoms with Gasteiger partial charge in [0.25, 0.3) is 5.91 Å². The van der Waals surface area contributed by atoms with Crippen LogP contribution in [0.25, 0.3) is 0 Å². The molecule has 1 aromatic rings. The van der Waals surface area contributed by atoms with Crippen LogP contribution in [0.2, 0.25) is 5.15 Å². The molecule has 2 rings (SSSR count). The molecule has 1 aromatic heterocycles. The molecule has 0 bridgehead atoms. The van der Waals surface area contributed by atoms with Gasteiger partial charge in [0, 0.05) is 24.3 Å². The summed E-state index contributed by atoms with van der Waals surface area (Å²) in [5, 5.41) is 9.39. The lowest BCUT2D eigenvalue weighted by molar-refractivity contribution is -0.143. The van der Waals surface area contributed by atoms with E-state index >= 15 is 0 Å². The van der Waals surface area contributed by atoms with Crippen molar-refractivity contribution >= 4 is 23.5 Å². The molecule has 2 heterocycles. The highest BCUT2D eigenvalue weighted by Gasteiger charge is 2.29. The fourth-order valence-electron chi connectivity index (χ4n) is 2.48. The Morgan fingerprint density at radius 1 is 1.43 bits per heavy atom. The number of likely N-dealkylation sites (tertiary alicyclic amines) is 1. The first-order valence-electron chi connectivity index (χ1n) is 7.08. The van der Waals surface area contributed by atoms with E-state index in [1.807, 2.05) is 13.8 Å². The zero-order chi connectivity index (χ0) is 15.6. The summed E-state index contributed by atoms with van der Waals surface area (Å²) in [6.45, 7) is 4.80. The van der Waals surface area contributed by atoms with Crippen molar-refractivity contribution in [3.8, 4) is 0 Å². The first-order chi connectivity index (χ1) is 9.88. The van der Waals surface area contributed by atoms with E-state index in [0.29, 0.717) is 24.9 Å². The van der Waals surface area contributed by atoms with Gasteiger partial charge in [0.15, 0.2) is 0 Å². The molecule has 114 valence electrons. The van der Waals surface area contributed by atoms with Gasteiger partial charge in [0.2, 0.25) is 0 Å². The second kappa shape index (κ2) is 6.43. The largest absolute Gasteiger partial charge is 0.481 e. The predicted molar refractivity (Wildman–Crippen MR) is 79.6 cm³/mol. The number of hydrogen-bond acceptors (Lipinski definition) is 3. The quantitative estimate of drug-likeness (QED) is 0.871. The predicted octanol–water partition coefficient (Wildman–Crippen LogP) is 2.80. The van der Waals surface area contributed by atoms with E-state index < -0.39 is 11.9 Å². The summed E-state index contributed by atoms with van der Waals surface area (Å²) in [5.41, 5.74) is 1.24. The molecule has 6 heteroatoms. The highest BCUT2D eigenvalue weighted by molar-refractivity contribution is 6.29. The maximum atomic E-state index is 12.5. The van der Waals surface area contributed by atoms with Gasteiger partial charge in [-0.1, -0.05) is 25.4 Å². The number of carbonyl (C=O) groups is 2. The third-order valence-electron chi connectivity index (χ3n) is 3.71. The average molecular weight is 311 g/mol. The van der Waals surface area contributed by atoms with Crippen LogP contribution < -0.4 is 0 Å². The second-order valence-electron chi connectivity index (χ2n) is 5.69. The molecule has 1 saturated heterocycles. The smallest absolute Gasteiger partial charge is 0.308 e. The van der Waals surface area contributed by atoms with Gasteiger partial charge in [0.1, 0.15) is 5.15 Å². The number of aliphatic carboxylic acids is 1. The van der Waals surface area contributed by atoms with Crippen LogP contribution in [0, 0.1) is 5.92 Å². The maximum absolute atomic E-state index is 12.5. The summed E-state index contributed by atoms with van der Waals surface area (Å²) in [6, 6.07) is 3.28. The minimum absolute atomic E-state index is 0.170. The highest BCUT2D eigenvalue weighted by Crippen LogP contribution is 2.22. The normalized spacial score (nSPS) is 18.9. The third-order valence-corrected chi connectivity index (χ3v) is 3.90. The van der Waals surface area contributed by atoms with Crippen LogP contribution in [0.5, 0.6) is 0 Å². The van der Waals surface area contributed by atoms with Gasteiger partial charge in [-0.25, -0.2) is 4.98 Å². The minimum atomic E-state index is -0.844. The fourth-order valence-corrected chi connectivity index (χ4v) is 2.70. The Morgan fingerprint density at radius 2 is 2.14 bits per heavy atom. The van der Waals surface area contributed by atoms with Gasteiger partial charge < -0.3 is 10.0 Å². The van der Waals surface area contributed by atoms with Gasteiger partial charge in [-0.15, -0.1) is 0 Å². The number of carboxylic acid groups (broad SMARTS) is 1. The highest BCUT2D eigenvalue weighted by atomic mass is 35.5.